The Labute approximate surface area is 117 Å². The standard InChI is InChI=1S/C15H15ClFNO/c1-2-19-14-6-4-3-5-12(14)15(18)11-8-7-10(17)9-13(11)16/h3-9,15H,2,18H2,1H3. The summed E-state index contributed by atoms with van der Waals surface area (Å²) < 4.78 is 18.6. The molecule has 0 aliphatic carbocycles. The summed E-state index contributed by atoms with van der Waals surface area (Å²) in [6.07, 6.45) is 0. The van der Waals surface area contributed by atoms with Crippen molar-refractivity contribution in [2.45, 2.75) is 13.0 Å². The molecule has 2 rings (SSSR count). The summed E-state index contributed by atoms with van der Waals surface area (Å²) in [5.74, 6) is 0.344. The fourth-order valence-corrected chi connectivity index (χ4v) is 2.23. The maximum Gasteiger partial charge on any atom is 0.124 e. The monoisotopic (exact) mass is 279 g/mol. The molecular formula is C15H15ClFNO. The third-order valence-corrected chi connectivity index (χ3v) is 3.18. The highest BCUT2D eigenvalue weighted by Crippen LogP contribution is 2.32. The predicted molar refractivity (Wildman–Crippen MR) is 75.1 cm³/mol. The molecule has 0 spiro atoms. The van der Waals surface area contributed by atoms with Gasteiger partial charge in [-0.25, -0.2) is 4.39 Å². The number of nitrogens with two attached hydrogens (primary N) is 1. The highest BCUT2D eigenvalue weighted by molar-refractivity contribution is 6.31. The Bertz CT molecular complexity index is 574. The fraction of sp³-hybridized carbons (Fsp3) is 0.200. The van der Waals surface area contributed by atoms with Crippen LogP contribution in [0.1, 0.15) is 24.1 Å². The van der Waals surface area contributed by atoms with Gasteiger partial charge in [0.25, 0.3) is 0 Å². The largest absolute Gasteiger partial charge is 0.494 e. The Hall–Kier alpha value is -1.58. The van der Waals surface area contributed by atoms with Crippen LogP contribution in [0.25, 0.3) is 0 Å². The second-order valence-electron chi connectivity index (χ2n) is 4.11. The lowest BCUT2D eigenvalue weighted by Gasteiger charge is -2.18. The van der Waals surface area contributed by atoms with Crippen LogP contribution in [0.4, 0.5) is 4.39 Å². The van der Waals surface area contributed by atoms with E-state index in [4.69, 9.17) is 22.1 Å². The van der Waals surface area contributed by atoms with E-state index in [0.29, 0.717) is 17.2 Å². The fourth-order valence-electron chi connectivity index (χ4n) is 1.95. The lowest BCUT2D eigenvalue weighted by Crippen LogP contribution is -2.14. The van der Waals surface area contributed by atoms with Crippen LogP contribution in [0.2, 0.25) is 5.02 Å². The van der Waals surface area contributed by atoms with Crippen molar-refractivity contribution < 1.29 is 9.13 Å². The molecule has 0 radical (unpaired) electrons. The lowest BCUT2D eigenvalue weighted by molar-refractivity contribution is 0.335. The molecule has 2 N–H and O–H groups in total. The highest BCUT2D eigenvalue weighted by atomic mass is 35.5. The number of ether oxygens (including phenoxy) is 1. The second kappa shape index (κ2) is 6.04. The number of hydrogen-bond acceptors (Lipinski definition) is 2. The van der Waals surface area contributed by atoms with E-state index in [0.717, 1.165) is 11.3 Å². The van der Waals surface area contributed by atoms with Gasteiger partial charge in [0.05, 0.1) is 12.6 Å². The minimum atomic E-state index is -0.448. The molecule has 0 aliphatic rings. The van der Waals surface area contributed by atoms with Crippen molar-refractivity contribution in [1.82, 2.24) is 0 Å². The molecule has 19 heavy (non-hydrogen) atoms. The van der Waals surface area contributed by atoms with Crippen LogP contribution in [0.3, 0.4) is 0 Å². The summed E-state index contributed by atoms with van der Waals surface area (Å²) in [5.41, 5.74) is 7.72. The van der Waals surface area contributed by atoms with Crippen LogP contribution < -0.4 is 10.5 Å². The van der Waals surface area contributed by atoms with Gasteiger partial charge in [-0.1, -0.05) is 35.9 Å². The number of hydrogen-bond donors (Lipinski definition) is 1. The van der Waals surface area contributed by atoms with Crippen LogP contribution in [0, 0.1) is 5.82 Å². The Morgan fingerprint density at radius 1 is 1.21 bits per heavy atom. The summed E-state index contributed by atoms with van der Waals surface area (Å²) in [4.78, 5) is 0. The van der Waals surface area contributed by atoms with Gasteiger partial charge in [-0.15, -0.1) is 0 Å². The van der Waals surface area contributed by atoms with Crippen molar-refractivity contribution >= 4 is 11.6 Å². The molecule has 0 fully saturated rings. The van der Waals surface area contributed by atoms with Gasteiger partial charge in [0.1, 0.15) is 11.6 Å². The van der Waals surface area contributed by atoms with Gasteiger partial charge in [-0.2, -0.15) is 0 Å². The first-order valence-electron chi connectivity index (χ1n) is 6.05. The molecule has 2 aromatic carbocycles. The Morgan fingerprint density at radius 3 is 2.63 bits per heavy atom. The van der Waals surface area contributed by atoms with Gasteiger partial charge in [0.15, 0.2) is 0 Å². The maximum atomic E-state index is 13.1. The molecule has 0 saturated carbocycles. The van der Waals surface area contributed by atoms with Crippen molar-refractivity contribution in [3.63, 3.8) is 0 Å². The first-order valence-corrected chi connectivity index (χ1v) is 6.43. The van der Waals surface area contributed by atoms with Crippen molar-refractivity contribution in [1.29, 1.82) is 0 Å². The number of benzene rings is 2. The summed E-state index contributed by atoms with van der Waals surface area (Å²) in [6.45, 7) is 2.47. The van der Waals surface area contributed by atoms with E-state index in [1.807, 2.05) is 31.2 Å². The normalized spacial score (nSPS) is 12.2. The number of rotatable bonds is 4. The van der Waals surface area contributed by atoms with Crippen LogP contribution >= 0.6 is 11.6 Å². The molecule has 0 aliphatic heterocycles. The molecule has 0 heterocycles. The first kappa shape index (κ1) is 13.8. The molecule has 1 unspecified atom stereocenters. The highest BCUT2D eigenvalue weighted by Gasteiger charge is 2.16. The molecule has 0 saturated heterocycles. The molecule has 0 bridgehead atoms. The minimum absolute atomic E-state index is 0.318. The molecule has 100 valence electrons. The average molecular weight is 280 g/mol. The smallest absolute Gasteiger partial charge is 0.124 e. The molecule has 2 aromatic rings. The quantitative estimate of drug-likeness (QED) is 0.920. The van der Waals surface area contributed by atoms with Crippen molar-refractivity contribution in [2.75, 3.05) is 6.61 Å². The number of para-hydroxylation sites is 1. The third-order valence-electron chi connectivity index (χ3n) is 2.85. The second-order valence-corrected chi connectivity index (χ2v) is 4.52. The van der Waals surface area contributed by atoms with Crippen LogP contribution in [-0.2, 0) is 0 Å². The molecule has 0 amide bonds. The van der Waals surface area contributed by atoms with Crippen LogP contribution in [0.15, 0.2) is 42.5 Å². The summed E-state index contributed by atoms with van der Waals surface area (Å²) >= 11 is 6.04. The SMILES string of the molecule is CCOc1ccccc1C(N)c1ccc(F)cc1Cl. The zero-order valence-corrected chi connectivity index (χ0v) is 11.3. The molecular weight excluding hydrogens is 265 g/mol. The van der Waals surface area contributed by atoms with Crippen LogP contribution in [0.5, 0.6) is 5.75 Å². The lowest BCUT2D eigenvalue weighted by atomic mass is 9.98. The molecule has 1 atom stereocenters. The van der Waals surface area contributed by atoms with E-state index in [9.17, 15) is 4.39 Å². The Morgan fingerprint density at radius 2 is 1.95 bits per heavy atom. The first-order chi connectivity index (χ1) is 9.13. The Balaban J connectivity index is 2.41. The van der Waals surface area contributed by atoms with Gasteiger partial charge in [-0.05, 0) is 30.7 Å². The summed E-state index contributed by atoms with van der Waals surface area (Å²) in [6, 6.07) is 11.3. The van der Waals surface area contributed by atoms with E-state index in [-0.39, 0.29) is 5.82 Å². The van der Waals surface area contributed by atoms with Gasteiger partial charge < -0.3 is 10.5 Å². The van der Waals surface area contributed by atoms with E-state index in [1.54, 1.807) is 6.07 Å². The van der Waals surface area contributed by atoms with Gasteiger partial charge in [0.2, 0.25) is 0 Å². The Kier molecular flexibility index (Phi) is 4.40. The average Bonchev–Trinajstić information content (AvgIpc) is 2.39. The predicted octanol–water partition coefficient (Wildman–Crippen LogP) is 3.93. The van der Waals surface area contributed by atoms with E-state index in [2.05, 4.69) is 0 Å². The number of halogens is 2. The van der Waals surface area contributed by atoms with Gasteiger partial charge >= 0.3 is 0 Å². The zero-order valence-electron chi connectivity index (χ0n) is 10.6. The van der Waals surface area contributed by atoms with Gasteiger partial charge in [0, 0.05) is 10.6 Å². The van der Waals surface area contributed by atoms with E-state index < -0.39 is 6.04 Å². The van der Waals surface area contributed by atoms with Crippen molar-refractivity contribution in [2.24, 2.45) is 5.73 Å². The van der Waals surface area contributed by atoms with E-state index >= 15 is 0 Å². The topological polar surface area (TPSA) is 35.2 Å². The minimum Gasteiger partial charge on any atom is -0.494 e. The molecule has 0 aromatic heterocycles. The molecule has 2 nitrogen and oxygen atoms in total. The van der Waals surface area contributed by atoms with E-state index in [1.165, 1.54) is 12.1 Å². The van der Waals surface area contributed by atoms with Crippen molar-refractivity contribution in [3.8, 4) is 5.75 Å². The van der Waals surface area contributed by atoms with Gasteiger partial charge in [-0.3, -0.25) is 0 Å². The molecule has 4 heteroatoms. The zero-order chi connectivity index (χ0) is 13.8. The summed E-state index contributed by atoms with van der Waals surface area (Å²) in [7, 11) is 0. The third kappa shape index (κ3) is 3.06. The maximum absolute atomic E-state index is 13.1. The van der Waals surface area contributed by atoms with Crippen molar-refractivity contribution in [3.05, 3.63) is 64.4 Å². The summed E-state index contributed by atoms with van der Waals surface area (Å²) in [5, 5.41) is 0.318. The van der Waals surface area contributed by atoms with Crippen LogP contribution in [-0.4, -0.2) is 6.61 Å².